The second-order valence-electron chi connectivity index (χ2n) is 2.80. The number of rotatable bonds is 1. The summed E-state index contributed by atoms with van der Waals surface area (Å²) in [6.45, 7) is 0. The number of alkyl halides is 2. The fourth-order valence-electron chi connectivity index (χ4n) is 1.23. The molecule has 0 aliphatic carbocycles. The van der Waals surface area contributed by atoms with Crippen LogP contribution in [0, 0.1) is 5.13 Å². The molecule has 0 spiro atoms. The van der Waals surface area contributed by atoms with Gasteiger partial charge in [-0.15, -0.1) is 24.0 Å². The maximum absolute atomic E-state index is 12.8. The molecule has 5 heteroatoms. The second kappa shape index (κ2) is 3.47. The largest absolute Gasteiger partial charge is 0.264 e. The first-order valence-corrected chi connectivity index (χ1v) is 5.04. The summed E-state index contributed by atoms with van der Waals surface area (Å²) < 4.78 is 38.2. The van der Waals surface area contributed by atoms with E-state index in [0.29, 0.717) is 10.1 Å². The SMILES string of the molecule is Fc1cc2cc(S)c(C(F)F)cc2s1. The lowest BCUT2D eigenvalue weighted by Crippen LogP contribution is -1.85. The lowest BCUT2D eigenvalue weighted by atomic mass is 10.2. The third-order valence-electron chi connectivity index (χ3n) is 1.87. The Balaban J connectivity index is 2.70. The molecular weight excluding hydrogens is 229 g/mol. The molecule has 2 aromatic rings. The predicted octanol–water partition coefficient (Wildman–Crippen LogP) is 4.27. The van der Waals surface area contributed by atoms with Crippen LogP contribution in [0.2, 0.25) is 0 Å². The van der Waals surface area contributed by atoms with E-state index in [0.717, 1.165) is 11.3 Å². The van der Waals surface area contributed by atoms with Crippen molar-refractivity contribution in [3.8, 4) is 0 Å². The number of thiophene rings is 1. The second-order valence-corrected chi connectivity index (χ2v) is 4.32. The molecule has 14 heavy (non-hydrogen) atoms. The molecule has 0 bridgehead atoms. The van der Waals surface area contributed by atoms with Crippen LogP contribution in [0.4, 0.5) is 13.2 Å². The van der Waals surface area contributed by atoms with Crippen LogP contribution in [0.15, 0.2) is 23.1 Å². The lowest BCUT2D eigenvalue weighted by Gasteiger charge is -2.03. The smallest absolute Gasteiger partial charge is 0.205 e. The van der Waals surface area contributed by atoms with Gasteiger partial charge in [0.1, 0.15) is 0 Å². The summed E-state index contributed by atoms with van der Waals surface area (Å²) in [5.74, 6) is 0. The number of halogens is 3. The average molecular weight is 234 g/mol. The Morgan fingerprint density at radius 2 is 1.93 bits per heavy atom. The molecule has 0 aliphatic heterocycles. The van der Waals surface area contributed by atoms with Gasteiger partial charge in [0.2, 0.25) is 0 Å². The summed E-state index contributed by atoms with van der Waals surface area (Å²) in [6, 6.07) is 4.06. The van der Waals surface area contributed by atoms with Crippen molar-refractivity contribution in [2.75, 3.05) is 0 Å². The summed E-state index contributed by atoms with van der Waals surface area (Å²) in [7, 11) is 0. The minimum absolute atomic E-state index is 0.150. The van der Waals surface area contributed by atoms with Gasteiger partial charge in [-0.1, -0.05) is 0 Å². The number of hydrogen-bond acceptors (Lipinski definition) is 2. The van der Waals surface area contributed by atoms with Crippen molar-refractivity contribution in [1.29, 1.82) is 0 Å². The van der Waals surface area contributed by atoms with Crippen molar-refractivity contribution in [1.82, 2.24) is 0 Å². The van der Waals surface area contributed by atoms with Crippen LogP contribution >= 0.6 is 24.0 Å². The number of benzene rings is 1. The number of fused-ring (bicyclic) bond motifs is 1. The first kappa shape index (κ1) is 9.86. The molecule has 0 N–H and O–H groups in total. The van der Waals surface area contributed by atoms with Gasteiger partial charge in [-0.25, -0.2) is 8.78 Å². The van der Waals surface area contributed by atoms with Crippen LogP contribution in [-0.2, 0) is 0 Å². The maximum atomic E-state index is 12.8. The highest BCUT2D eigenvalue weighted by Crippen LogP contribution is 2.33. The molecule has 0 fully saturated rings. The van der Waals surface area contributed by atoms with Crippen molar-refractivity contribution in [2.24, 2.45) is 0 Å². The van der Waals surface area contributed by atoms with E-state index in [4.69, 9.17) is 0 Å². The van der Waals surface area contributed by atoms with E-state index in [1.54, 1.807) is 0 Å². The van der Waals surface area contributed by atoms with Gasteiger partial charge >= 0.3 is 0 Å². The first-order chi connectivity index (χ1) is 6.58. The molecule has 0 amide bonds. The minimum atomic E-state index is -2.57. The number of hydrogen-bond donors (Lipinski definition) is 1. The van der Waals surface area contributed by atoms with E-state index in [1.165, 1.54) is 18.2 Å². The Morgan fingerprint density at radius 3 is 2.57 bits per heavy atom. The molecule has 1 aromatic heterocycles. The first-order valence-electron chi connectivity index (χ1n) is 3.78. The van der Waals surface area contributed by atoms with E-state index >= 15 is 0 Å². The lowest BCUT2D eigenvalue weighted by molar-refractivity contribution is 0.148. The van der Waals surface area contributed by atoms with Crippen molar-refractivity contribution in [3.05, 3.63) is 28.9 Å². The maximum Gasteiger partial charge on any atom is 0.264 e. The Kier molecular flexibility index (Phi) is 2.45. The zero-order valence-corrected chi connectivity index (χ0v) is 8.51. The summed E-state index contributed by atoms with van der Waals surface area (Å²) in [5.41, 5.74) is -0.150. The average Bonchev–Trinajstić information content (AvgIpc) is 2.42. The highest BCUT2D eigenvalue weighted by molar-refractivity contribution is 7.80. The van der Waals surface area contributed by atoms with Crippen LogP contribution in [0.1, 0.15) is 12.0 Å². The Labute approximate surface area is 87.8 Å². The van der Waals surface area contributed by atoms with E-state index in [-0.39, 0.29) is 15.6 Å². The Hall–Kier alpha value is -0.680. The molecule has 0 saturated heterocycles. The fourth-order valence-corrected chi connectivity index (χ4v) is 2.35. The van der Waals surface area contributed by atoms with Crippen molar-refractivity contribution < 1.29 is 13.2 Å². The van der Waals surface area contributed by atoms with Gasteiger partial charge in [0.15, 0.2) is 5.13 Å². The van der Waals surface area contributed by atoms with Gasteiger partial charge in [0.25, 0.3) is 6.43 Å². The highest BCUT2D eigenvalue weighted by atomic mass is 32.1. The molecule has 0 unspecified atom stereocenters. The molecule has 0 aliphatic rings. The molecular formula is C9H5F3S2. The molecule has 0 saturated carbocycles. The van der Waals surface area contributed by atoms with Gasteiger partial charge in [-0.05, 0) is 23.6 Å². The van der Waals surface area contributed by atoms with Gasteiger partial charge in [0.05, 0.1) is 0 Å². The normalized spacial score (nSPS) is 11.5. The standard InChI is InChI=1S/C9H5F3S2/c10-8-2-4-1-6(13)5(9(11)12)3-7(4)14-8/h1-3,9,13H. The van der Waals surface area contributed by atoms with Crippen LogP contribution in [0.3, 0.4) is 0 Å². The van der Waals surface area contributed by atoms with Crippen molar-refractivity contribution >= 4 is 34.1 Å². The quantitative estimate of drug-likeness (QED) is 0.700. The molecule has 1 heterocycles. The zero-order chi connectivity index (χ0) is 10.3. The zero-order valence-electron chi connectivity index (χ0n) is 6.80. The molecule has 0 nitrogen and oxygen atoms in total. The van der Waals surface area contributed by atoms with E-state index in [9.17, 15) is 13.2 Å². The molecule has 0 radical (unpaired) electrons. The molecule has 0 atom stereocenters. The van der Waals surface area contributed by atoms with Crippen LogP contribution in [0.5, 0.6) is 0 Å². The van der Waals surface area contributed by atoms with E-state index < -0.39 is 6.43 Å². The molecule has 2 rings (SSSR count). The van der Waals surface area contributed by atoms with Gasteiger partial charge in [-0.2, -0.15) is 4.39 Å². The summed E-state index contributed by atoms with van der Waals surface area (Å²) in [5, 5.41) is 0.237. The number of thiol groups is 1. The Morgan fingerprint density at radius 1 is 1.21 bits per heavy atom. The topological polar surface area (TPSA) is 0 Å². The van der Waals surface area contributed by atoms with Crippen molar-refractivity contribution in [3.63, 3.8) is 0 Å². The van der Waals surface area contributed by atoms with Crippen LogP contribution in [0.25, 0.3) is 10.1 Å². The third-order valence-corrected chi connectivity index (χ3v) is 3.14. The summed E-state index contributed by atoms with van der Waals surface area (Å²) in [4.78, 5) is 0.199. The van der Waals surface area contributed by atoms with Gasteiger partial charge in [0, 0.05) is 15.2 Å². The predicted molar refractivity (Wildman–Crippen MR) is 54.0 cm³/mol. The Bertz CT molecular complexity index is 476. The monoisotopic (exact) mass is 234 g/mol. The highest BCUT2D eigenvalue weighted by Gasteiger charge is 2.13. The van der Waals surface area contributed by atoms with E-state index in [1.807, 2.05) is 0 Å². The summed E-state index contributed by atoms with van der Waals surface area (Å²) in [6.07, 6.45) is -2.57. The fraction of sp³-hybridized carbons (Fsp3) is 0.111. The summed E-state index contributed by atoms with van der Waals surface area (Å²) >= 11 is 4.78. The van der Waals surface area contributed by atoms with Gasteiger partial charge < -0.3 is 0 Å². The van der Waals surface area contributed by atoms with E-state index in [2.05, 4.69) is 12.6 Å². The minimum Gasteiger partial charge on any atom is -0.205 e. The molecule has 1 aromatic carbocycles. The van der Waals surface area contributed by atoms with Crippen LogP contribution in [-0.4, -0.2) is 0 Å². The van der Waals surface area contributed by atoms with Gasteiger partial charge in [-0.3, -0.25) is 0 Å². The van der Waals surface area contributed by atoms with Crippen LogP contribution < -0.4 is 0 Å². The molecule has 74 valence electrons. The third kappa shape index (κ3) is 1.62. The van der Waals surface area contributed by atoms with Crippen molar-refractivity contribution in [2.45, 2.75) is 11.3 Å².